The van der Waals surface area contributed by atoms with Gasteiger partial charge in [-0.1, -0.05) is 31.2 Å². The molecule has 1 aromatic carbocycles. The first-order chi connectivity index (χ1) is 7.63. The fourth-order valence-corrected chi connectivity index (χ4v) is 1.69. The highest BCUT2D eigenvalue weighted by atomic mass is 16.3. The quantitative estimate of drug-likeness (QED) is 0.838. The number of rotatable bonds is 2. The van der Waals surface area contributed by atoms with Crippen LogP contribution in [0.25, 0.3) is 11.3 Å². The summed E-state index contributed by atoms with van der Waals surface area (Å²) in [6, 6.07) is 8.14. The van der Waals surface area contributed by atoms with Crippen LogP contribution in [0.4, 0.5) is 0 Å². The highest BCUT2D eigenvalue weighted by Crippen LogP contribution is 2.30. The van der Waals surface area contributed by atoms with Crippen LogP contribution in [-0.2, 0) is 13.5 Å². The van der Waals surface area contributed by atoms with Crippen molar-refractivity contribution in [3.63, 3.8) is 0 Å². The van der Waals surface area contributed by atoms with E-state index in [1.54, 1.807) is 4.68 Å². The highest BCUT2D eigenvalue weighted by Gasteiger charge is 2.12. The molecule has 3 nitrogen and oxygen atoms in total. The van der Waals surface area contributed by atoms with Crippen molar-refractivity contribution in [2.75, 3.05) is 0 Å². The maximum Gasteiger partial charge on any atom is 0.164 e. The van der Waals surface area contributed by atoms with Gasteiger partial charge in [0.15, 0.2) is 5.75 Å². The Morgan fingerprint density at radius 1 is 1.25 bits per heavy atom. The van der Waals surface area contributed by atoms with Gasteiger partial charge in [-0.2, -0.15) is 5.10 Å². The summed E-state index contributed by atoms with van der Waals surface area (Å²) in [7, 11) is 1.83. The Kier molecular flexibility index (Phi) is 2.69. The molecule has 0 fully saturated rings. The molecule has 1 aromatic heterocycles. The van der Waals surface area contributed by atoms with E-state index in [4.69, 9.17) is 0 Å². The smallest absolute Gasteiger partial charge is 0.164 e. The van der Waals surface area contributed by atoms with Crippen LogP contribution in [0.2, 0.25) is 0 Å². The molecule has 16 heavy (non-hydrogen) atoms. The van der Waals surface area contributed by atoms with Crippen molar-refractivity contribution in [2.45, 2.75) is 20.3 Å². The third kappa shape index (κ3) is 1.69. The van der Waals surface area contributed by atoms with Gasteiger partial charge in [-0.25, -0.2) is 0 Å². The van der Waals surface area contributed by atoms with Crippen LogP contribution in [0, 0.1) is 6.92 Å². The second-order valence-corrected chi connectivity index (χ2v) is 3.96. The summed E-state index contributed by atoms with van der Waals surface area (Å²) in [6.45, 7) is 3.98. The number of hydrogen-bond donors (Lipinski definition) is 1. The van der Waals surface area contributed by atoms with Crippen LogP contribution in [0.5, 0.6) is 5.75 Å². The summed E-state index contributed by atoms with van der Waals surface area (Å²) >= 11 is 0. The van der Waals surface area contributed by atoms with Gasteiger partial charge in [0, 0.05) is 12.6 Å². The predicted molar refractivity (Wildman–Crippen MR) is 64.4 cm³/mol. The second-order valence-electron chi connectivity index (χ2n) is 3.96. The van der Waals surface area contributed by atoms with E-state index < -0.39 is 0 Å². The van der Waals surface area contributed by atoms with Crippen molar-refractivity contribution in [3.8, 4) is 17.0 Å². The van der Waals surface area contributed by atoms with Crippen molar-refractivity contribution in [1.82, 2.24) is 9.78 Å². The number of benzene rings is 1. The zero-order valence-electron chi connectivity index (χ0n) is 9.86. The summed E-state index contributed by atoms with van der Waals surface area (Å²) in [5.41, 5.74) is 3.69. The van der Waals surface area contributed by atoms with E-state index in [2.05, 4.69) is 24.2 Å². The fourth-order valence-electron chi connectivity index (χ4n) is 1.69. The summed E-state index contributed by atoms with van der Waals surface area (Å²) in [5, 5.41) is 14.2. The van der Waals surface area contributed by atoms with Crippen LogP contribution in [0.1, 0.15) is 18.2 Å². The fraction of sp³-hybridized carbons (Fsp3) is 0.308. The van der Waals surface area contributed by atoms with E-state index in [-0.39, 0.29) is 5.75 Å². The maximum atomic E-state index is 9.91. The second kappa shape index (κ2) is 4.00. The lowest BCUT2D eigenvalue weighted by molar-refractivity contribution is 0.471. The summed E-state index contributed by atoms with van der Waals surface area (Å²) in [5.74, 6) is 0.270. The van der Waals surface area contributed by atoms with Gasteiger partial charge in [-0.15, -0.1) is 0 Å². The summed E-state index contributed by atoms with van der Waals surface area (Å²) in [6.07, 6.45) is 1.02. The van der Waals surface area contributed by atoms with Crippen molar-refractivity contribution >= 4 is 0 Å². The summed E-state index contributed by atoms with van der Waals surface area (Å²) < 4.78 is 1.69. The van der Waals surface area contributed by atoms with Crippen molar-refractivity contribution < 1.29 is 5.11 Å². The van der Waals surface area contributed by atoms with Crippen molar-refractivity contribution in [3.05, 3.63) is 35.5 Å². The molecule has 0 aliphatic carbocycles. The third-order valence-electron chi connectivity index (χ3n) is 2.94. The molecular weight excluding hydrogens is 200 g/mol. The van der Waals surface area contributed by atoms with Gasteiger partial charge in [0.05, 0.1) is 5.69 Å². The Morgan fingerprint density at radius 3 is 2.31 bits per heavy atom. The van der Waals surface area contributed by atoms with Crippen LogP contribution in [0.3, 0.4) is 0 Å². The molecule has 0 unspecified atom stereocenters. The van der Waals surface area contributed by atoms with Gasteiger partial charge in [0.1, 0.15) is 5.69 Å². The molecular formula is C13H16N2O. The molecule has 0 amide bonds. The standard InChI is InChI=1S/C13H16N2O/c1-4-10-5-7-11(8-6-10)12-13(16)9(2)15(3)14-12/h5-8,16H,4H2,1-3H3. The molecule has 1 N–H and O–H groups in total. The molecule has 1 heterocycles. The van der Waals surface area contributed by atoms with Crippen LogP contribution in [-0.4, -0.2) is 14.9 Å². The first-order valence-electron chi connectivity index (χ1n) is 5.45. The topological polar surface area (TPSA) is 38.0 Å². The largest absolute Gasteiger partial charge is 0.504 e. The molecule has 0 atom stereocenters. The lowest BCUT2D eigenvalue weighted by atomic mass is 10.1. The monoisotopic (exact) mass is 216 g/mol. The average Bonchev–Trinajstić information content (AvgIpc) is 2.57. The lowest BCUT2D eigenvalue weighted by Gasteiger charge is -2.00. The SMILES string of the molecule is CCc1ccc(-c2nn(C)c(C)c2O)cc1. The van der Waals surface area contributed by atoms with Crippen LogP contribution < -0.4 is 0 Å². The third-order valence-corrected chi connectivity index (χ3v) is 2.94. The molecule has 0 aliphatic rings. The number of nitrogens with zero attached hydrogens (tertiary/aromatic N) is 2. The molecule has 0 aliphatic heterocycles. The van der Waals surface area contributed by atoms with E-state index >= 15 is 0 Å². The van der Waals surface area contributed by atoms with E-state index in [1.807, 2.05) is 26.1 Å². The first-order valence-corrected chi connectivity index (χ1v) is 5.45. The molecule has 0 spiro atoms. The predicted octanol–water partition coefficient (Wildman–Crippen LogP) is 2.66. The molecule has 0 radical (unpaired) electrons. The Labute approximate surface area is 95.3 Å². The summed E-state index contributed by atoms with van der Waals surface area (Å²) in [4.78, 5) is 0. The maximum absolute atomic E-state index is 9.91. The Bertz CT molecular complexity index is 497. The van der Waals surface area contributed by atoms with Crippen molar-refractivity contribution in [1.29, 1.82) is 0 Å². The molecule has 0 saturated carbocycles. The number of aryl methyl sites for hydroxylation is 2. The zero-order chi connectivity index (χ0) is 11.7. The zero-order valence-corrected chi connectivity index (χ0v) is 9.86. The Hall–Kier alpha value is -1.77. The number of aromatic nitrogens is 2. The van der Waals surface area contributed by atoms with E-state index in [0.29, 0.717) is 5.69 Å². The molecule has 2 rings (SSSR count). The molecule has 2 aromatic rings. The van der Waals surface area contributed by atoms with E-state index in [0.717, 1.165) is 17.7 Å². The van der Waals surface area contributed by atoms with E-state index in [9.17, 15) is 5.11 Å². The highest BCUT2D eigenvalue weighted by molar-refractivity contribution is 5.67. The normalized spacial score (nSPS) is 10.7. The van der Waals surface area contributed by atoms with E-state index in [1.165, 1.54) is 5.56 Å². The van der Waals surface area contributed by atoms with Gasteiger partial charge in [-0.05, 0) is 18.9 Å². The van der Waals surface area contributed by atoms with Crippen molar-refractivity contribution in [2.24, 2.45) is 7.05 Å². The number of aromatic hydroxyl groups is 1. The first kappa shape index (κ1) is 10.7. The minimum atomic E-state index is 0.270. The molecule has 0 bridgehead atoms. The number of hydrogen-bond acceptors (Lipinski definition) is 2. The lowest BCUT2D eigenvalue weighted by Crippen LogP contribution is -1.92. The van der Waals surface area contributed by atoms with Gasteiger partial charge in [-0.3, -0.25) is 4.68 Å². The molecule has 3 heteroatoms. The van der Waals surface area contributed by atoms with Crippen LogP contribution >= 0.6 is 0 Å². The Morgan fingerprint density at radius 2 is 1.88 bits per heavy atom. The average molecular weight is 216 g/mol. The molecule has 84 valence electrons. The minimum absolute atomic E-state index is 0.270. The Balaban J connectivity index is 2.46. The van der Waals surface area contributed by atoms with Crippen LogP contribution in [0.15, 0.2) is 24.3 Å². The minimum Gasteiger partial charge on any atom is -0.504 e. The van der Waals surface area contributed by atoms with Gasteiger partial charge in [0.25, 0.3) is 0 Å². The molecule has 0 saturated heterocycles. The van der Waals surface area contributed by atoms with Gasteiger partial charge >= 0.3 is 0 Å². The van der Waals surface area contributed by atoms with Gasteiger partial charge < -0.3 is 5.11 Å². The van der Waals surface area contributed by atoms with Gasteiger partial charge in [0.2, 0.25) is 0 Å².